The summed E-state index contributed by atoms with van der Waals surface area (Å²) in [7, 11) is 0. The highest BCUT2D eigenvalue weighted by Crippen LogP contribution is 2.22. The van der Waals surface area contributed by atoms with Crippen LogP contribution in [0.1, 0.15) is 36.9 Å². The lowest BCUT2D eigenvalue weighted by atomic mass is 10.1. The number of aromatic amines is 1. The quantitative estimate of drug-likeness (QED) is 0.322. The summed E-state index contributed by atoms with van der Waals surface area (Å²) in [5.41, 5.74) is 3.88. The molecule has 0 saturated carbocycles. The smallest absolute Gasteiger partial charge is 0.280 e. The van der Waals surface area contributed by atoms with Gasteiger partial charge >= 0.3 is 0 Å². The van der Waals surface area contributed by atoms with Gasteiger partial charge in [-0.05, 0) is 86.3 Å². The first kappa shape index (κ1) is 25.5. The second kappa shape index (κ2) is 11.1. The molecule has 0 atom stereocenters. The van der Waals surface area contributed by atoms with Crippen LogP contribution in [-0.2, 0) is 13.1 Å². The molecule has 1 saturated heterocycles. The van der Waals surface area contributed by atoms with Gasteiger partial charge in [0.15, 0.2) is 0 Å². The molecule has 7 nitrogen and oxygen atoms in total. The summed E-state index contributed by atoms with van der Waals surface area (Å²) < 4.78 is 9.20. The molecule has 2 aromatic carbocycles. The average molecular weight is 543 g/mol. The summed E-state index contributed by atoms with van der Waals surface area (Å²) >= 11 is 6.08. The van der Waals surface area contributed by atoms with Crippen molar-refractivity contribution in [1.29, 1.82) is 0 Å². The minimum absolute atomic E-state index is 0.143. The minimum atomic E-state index is -0.170. The number of allylic oxidation sites excluding steroid dienone is 3. The Morgan fingerprint density at radius 1 is 0.949 bits per heavy atom. The molecule has 0 radical (unpaired) electrons. The highest BCUT2D eigenvalue weighted by atomic mass is 35.5. The summed E-state index contributed by atoms with van der Waals surface area (Å²) in [6, 6.07) is 16.5. The molecule has 0 bridgehead atoms. The predicted octanol–water partition coefficient (Wildman–Crippen LogP) is 5.43. The zero-order valence-corrected chi connectivity index (χ0v) is 22.5. The van der Waals surface area contributed by atoms with Gasteiger partial charge in [-0.2, -0.15) is 0 Å². The summed E-state index contributed by atoms with van der Waals surface area (Å²) in [5.74, 6) is 0.746. The van der Waals surface area contributed by atoms with Crippen molar-refractivity contribution in [2.24, 2.45) is 0 Å². The first-order valence-corrected chi connectivity index (χ1v) is 13.8. The summed E-state index contributed by atoms with van der Waals surface area (Å²) in [6.45, 7) is 3.39. The van der Waals surface area contributed by atoms with Crippen molar-refractivity contribution in [3.8, 4) is 11.4 Å². The van der Waals surface area contributed by atoms with Gasteiger partial charge < -0.3 is 9.30 Å². The SMILES string of the molecule is O=c1c2c(CN3CCCC3)n(Cc3ccc(Cl)cc3)c(=O)cc2[nH]n1-c1ccc(OCC2=CC=CCC2)cc1. The molecule has 2 aromatic heterocycles. The van der Waals surface area contributed by atoms with Crippen LogP contribution in [0.3, 0.4) is 0 Å². The zero-order valence-electron chi connectivity index (χ0n) is 21.7. The number of hydrogen-bond acceptors (Lipinski definition) is 4. The molecule has 4 aromatic rings. The predicted molar refractivity (Wildman–Crippen MR) is 155 cm³/mol. The van der Waals surface area contributed by atoms with E-state index in [2.05, 4.69) is 28.2 Å². The number of ether oxygens (including phenoxy) is 1. The van der Waals surface area contributed by atoms with Gasteiger partial charge in [0.25, 0.3) is 11.1 Å². The molecule has 0 spiro atoms. The first-order valence-electron chi connectivity index (χ1n) is 13.5. The van der Waals surface area contributed by atoms with Crippen molar-refractivity contribution >= 4 is 22.5 Å². The highest BCUT2D eigenvalue weighted by molar-refractivity contribution is 6.30. The molecule has 0 amide bonds. The van der Waals surface area contributed by atoms with E-state index in [-0.39, 0.29) is 11.1 Å². The topological polar surface area (TPSA) is 72.3 Å². The number of benzene rings is 2. The van der Waals surface area contributed by atoms with E-state index in [1.54, 1.807) is 4.57 Å². The van der Waals surface area contributed by atoms with Crippen molar-refractivity contribution in [2.75, 3.05) is 19.7 Å². The summed E-state index contributed by atoms with van der Waals surface area (Å²) in [6.07, 6.45) is 10.6. The number of rotatable bonds is 8. The second-order valence-electron chi connectivity index (χ2n) is 10.2. The van der Waals surface area contributed by atoms with Gasteiger partial charge in [-0.1, -0.05) is 42.0 Å². The fraction of sp³-hybridized carbons (Fsp3) is 0.290. The van der Waals surface area contributed by atoms with Crippen LogP contribution in [0.4, 0.5) is 0 Å². The number of fused-ring (bicyclic) bond motifs is 1. The van der Waals surface area contributed by atoms with Crippen molar-refractivity contribution in [3.63, 3.8) is 0 Å². The van der Waals surface area contributed by atoms with Gasteiger partial charge in [0.1, 0.15) is 12.4 Å². The van der Waals surface area contributed by atoms with Crippen molar-refractivity contribution in [3.05, 3.63) is 115 Å². The number of H-pyrrole nitrogens is 1. The molecule has 8 heteroatoms. The lowest BCUT2D eigenvalue weighted by Crippen LogP contribution is -2.30. The Kier molecular flexibility index (Phi) is 7.26. The van der Waals surface area contributed by atoms with Gasteiger partial charge in [-0.3, -0.25) is 19.6 Å². The van der Waals surface area contributed by atoms with Gasteiger partial charge in [0.05, 0.1) is 28.8 Å². The third kappa shape index (κ3) is 5.51. The highest BCUT2D eigenvalue weighted by Gasteiger charge is 2.22. The summed E-state index contributed by atoms with van der Waals surface area (Å²) in [5, 5.41) is 4.38. The molecule has 39 heavy (non-hydrogen) atoms. The Labute approximate surface area is 231 Å². The molecule has 6 rings (SSSR count). The van der Waals surface area contributed by atoms with Gasteiger partial charge in [-0.15, -0.1) is 0 Å². The standard InChI is InChI=1S/C31H31ClN4O3/c32-24-10-8-22(9-11-24)19-35-28(20-34-16-4-5-17-34)30-27(18-29(35)37)33-36(31(30)38)25-12-14-26(15-13-25)39-21-23-6-2-1-3-7-23/h1-2,6,8-15,18,33H,3-5,7,16-17,19-21H2. The maximum absolute atomic E-state index is 13.8. The van der Waals surface area contributed by atoms with E-state index in [9.17, 15) is 9.59 Å². The van der Waals surface area contributed by atoms with Crippen molar-refractivity contribution in [1.82, 2.24) is 19.2 Å². The van der Waals surface area contributed by atoms with Gasteiger partial charge in [-0.25, -0.2) is 4.68 Å². The molecular formula is C31H31ClN4O3. The molecule has 200 valence electrons. The number of aromatic nitrogens is 3. The van der Waals surface area contributed by atoms with Crippen LogP contribution in [-0.4, -0.2) is 38.9 Å². The fourth-order valence-electron chi connectivity index (χ4n) is 5.39. The van der Waals surface area contributed by atoms with Crippen molar-refractivity contribution < 1.29 is 4.74 Å². The number of nitrogens with zero attached hydrogens (tertiary/aromatic N) is 3. The van der Waals surface area contributed by atoms with Crippen LogP contribution < -0.4 is 15.9 Å². The maximum atomic E-state index is 13.8. The number of nitrogens with one attached hydrogen (secondary N) is 1. The van der Waals surface area contributed by atoms with Gasteiger partial charge in [0.2, 0.25) is 0 Å². The van der Waals surface area contributed by atoms with E-state index >= 15 is 0 Å². The van der Waals surface area contributed by atoms with E-state index in [0.29, 0.717) is 41.3 Å². The van der Waals surface area contributed by atoms with Crippen LogP contribution in [0.5, 0.6) is 5.75 Å². The molecule has 1 N–H and O–H groups in total. The maximum Gasteiger partial charge on any atom is 0.280 e. The minimum Gasteiger partial charge on any atom is -0.489 e. The number of hydrogen-bond donors (Lipinski definition) is 1. The van der Waals surface area contributed by atoms with Crippen LogP contribution in [0.15, 0.2) is 88.0 Å². The Hall–Kier alpha value is -3.81. The van der Waals surface area contributed by atoms with Crippen LogP contribution in [0, 0.1) is 0 Å². The lowest BCUT2D eigenvalue weighted by molar-refractivity contribution is 0.322. The monoisotopic (exact) mass is 542 g/mol. The van der Waals surface area contributed by atoms with E-state index in [4.69, 9.17) is 16.3 Å². The van der Waals surface area contributed by atoms with Crippen LogP contribution >= 0.6 is 11.6 Å². The average Bonchev–Trinajstić information content (AvgIpc) is 3.59. The van der Waals surface area contributed by atoms with E-state index < -0.39 is 0 Å². The van der Waals surface area contributed by atoms with Crippen LogP contribution in [0.2, 0.25) is 5.02 Å². The Bertz CT molecular complexity index is 1650. The molecule has 3 heterocycles. The van der Waals surface area contributed by atoms with Gasteiger partial charge in [0, 0.05) is 17.6 Å². The largest absolute Gasteiger partial charge is 0.489 e. The van der Waals surface area contributed by atoms with Crippen LogP contribution in [0.25, 0.3) is 16.6 Å². The number of halogens is 1. The van der Waals surface area contributed by atoms with E-state index in [1.165, 1.54) is 16.3 Å². The third-order valence-corrected chi connectivity index (χ3v) is 7.76. The Morgan fingerprint density at radius 3 is 2.44 bits per heavy atom. The Morgan fingerprint density at radius 2 is 1.72 bits per heavy atom. The molecule has 1 aliphatic carbocycles. The number of pyridine rings is 1. The van der Waals surface area contributed by atoms with E-state index in [0.717, 1.165) is 55.8 Å². The zero-order chi connectivity index (χ0) is 26.8. The summed E-state index contributed by atoms with van der Waals surface area (Å²) in [4.78, 5) is 29.5. The molecular weight excluding hydrogens is 512 g/mol. The van der Waals surface area contributed by atoms with Crippen molar-refractivity contribution in [2.45, 2.75) is 38.8 Å². The first-order chi connectivity index (χ1) is 19.0. The Balaban J connectivity index is 1.35. The molecule has 1 aliphatic heterocycles. The van der Waals surface area contributed by atoms with E-state index in [1.807, 2.05) is 48.5 Å². The third-order valence-electron chi connectivity index (χ3n) is 7.51. The number of likely N-dealkylation sites (tertiary alicyclic amines) is 1. The molecule has 0 unspecified atom stereocenters. The fourth-order valence-corrected chi connectivity index (χ4v) is 5.52. The molecule has 1 fully saturated rings. The normalized spacial score (nSPS) is 15.7. The lowest BCUT2D eigenvalue weighted by Gasteiger charge is -2.19. The molecule has 2 aliphatic rings. The second-order valence-corrected chi connectivity index (χ2v) is 10.7.